The minimum Gasteiger partial charge on any atom is -0.298 e. The number of hydrogen-bond acceptors (Lipinski definition) is 5. The third kappa shape index (κ3) is 5.32. The topological polar surface area (TPSA) is 58.1 Å². The van der Waals surface area contributed by atoms with Crippen molar-refractivity contribution in [2.45, 2.75) is 51.6 Å². The summed E-state index contributed by atoms with van der Waals surface area (Å²) >= 11 is 7.42. The number of pyridine rings is 1. The smallest absolute Gasteiger partial charge is 0.257 e. The summed E-state index contributed by atoms with van der Waals surface area (Å²) in [7, 11) is 0. The summed E-state index contributed by atoms with van der Waals surface area (Å²) in [6, 6.07) is 11.9. The second-order valence-corrected chi connectivity index (χ2v) is 10.2. The summed E-state index contributed by atoms with van der Waals surface area (Å²) in [5.41, 5.74) is 3.92. The average Bonchev–Trinajstić information content (AvgIpc) is 3.38. The quantitative estimate of drug-likeness (QED) is 0.507. The summed E-state index contributed by atoms with van der Waals surface area (Å²) in [4.78, 5) is 24.2. The van der Waals surface area contributed by atoms with Gasteiger partial charge in [0, 0.05) is 23.7 Å². The number of thiazole rings is 1. The van der Waals surface area contributed by atoms with Crippen LogP contribution in [0.2, 0.25) is 5.02 Å². The lowest BCUT2D eigenvalue weighted by molar-refractivity contribution is 0.102. The van der Waals surface area contributed by atoms with Crippen molar-refractivity contribution in [2.75, 3.05) is 11.9 Å². The van der Waals surface area contributed by atoms with Gasteiger partial charge in [-0.3, -0.25) is 20.0 Å². The Morgan fingerprint density at radius 2 is 2.00 bits per heavy atom. The number of carbonyl (C=O) groups is 1. The Morgan fingerprint density at radius 3 is 2.68 bits per heavy atom. The Morgan fingerprint density at radius 1 is 1.23 bits per heavy atom. The van der Waals surface area contributed by atoms with E-state index in [-0.39, 0.29) is 17.4 Å². The number of hydrogen-bond donors (Lipinski definition) is 1. The largest absolute Gasteiger partial charge is 0.298 e. The van der Waals surface area contributed by atoms with Crippen LogP contribution in [-0.2, 0) is 12.0 Å². The zero-order chi connectivity index (χ0) is 22.0. The molecule has 3 heterocycles. The Bertz CT molecular complexity index is 1040. The van der Waals surface area contributed by atoms with Gasteiger partial charge in [0.25, 0.3) is 5.91 Å². The molecule has 1 aliphatic rings. The van der Waals surface area contributed by atoms with Gasteiger partial charge in [0.15, 0.2) is 5.13 Å². The molecule has 0 spiro atoms. The number of rotatable bonds is 5. The van der Waals surface area contributed by atoms with Crippen molar-refractivity contribution in [2.24, 2.45) is 0 Å². The summed E-state index contributed by atoms with van der Waals surface area (Å²) in [5, 5.41) is 6.29. The molecule has 1 fully saturated rings. The first kappa shape index (κ1) is 21.9. The van der Waals surface area contributed by atoms with Gasteiger partial charge < -0.3 is 0 Å². The zero-order valence-electron chi connectivity index (χ0n) is 18.1. The lowest BCUT2D eigenvalue weighted by Gasteiger charge is -2.22. The molecule has 0 saturated carbocycles. The number of nitrogens with one attached hydrogen (secondary N) is 1. The van der Waals surface area contributed by atoms with Crippen LogP contribution >= 0.6 is 22.9 Å². The van der Waals surface area contributed by atoms with E-state index < -0.39 is 0 Å². The van der Waals surface area contributed by atoms with E-state index in [1.165, 1.54) is 16.9 Å². The molecular weight excluding hydrogens is 428 g/mol. The van der Waals surface area contributed by atoms with E-state index in [1.54, 1.807) is 6.20 Å². The zero-order valence-corrected chi connectivity index (χ0v) is 19.6. The van der Waals surface area contributed by atoms with Crippen molar-refractivity contribution in [3.8, 4) is 0 Å². The van der Waals surface area contributed by atoms with E-state index in [0.29, 0.717) is 15.7 Å². The van der Waals surface area contributed by atoms with Crippen LogP contribution in [0.1, 0.15) is 67.0 Å². The Hall–Kier alpha value is -2.28. The van der Waals surface area contributed by atoms with E-state index in [2.05, 4.69) is 41.4 Å². The number of amides is 1. The fourth-order valence-corrected chi connectivity index (χ4v) is 4.71. The van der Waals surface area contributed by atoms with Gasteiger partial charge in [-0.2, -0.15) is 0 Å². The van der Waals surface area contributed by atoms with Gasteiger partial charge in [0.1, 0.15) is 0 Å². The predicted molar refractivity (Wildman–Crippen MR) is 127 cm³/mol. The van der Waals surface area contributed by atoms with Crippen molar-refractivity contribution in [1.82, 2.24) is 14.9 Å². The third-order valence-electron chi connectivity index (χ3n) is 5.61. The molecule has 0 radical (unpaired) electrons. The number of halogens is 1. The second kappa shape index (κ2) is 9.07. The monoisotopic (exact) mass is 454 g/mol. The molecule has 1 aromatic carbocycles. The number of nitrogens with zero attached hydrogens (tertiary/aromatic N) is 3. The molecule has 1 atom stereocenters. The van der Waals surface area contributed by atoms with Crippen LogP contribution in [0, 0.1) is 0 Å². The highest BCUT2D eigenvalue weighted by molar-refractivity contribution is 7.14. The van der Waals surface area contributed by atoms with Crippen LogP contribution in [0.3, 0.4) is 0 Å². The summed E-state index contributed by atoms with van der Waals surface area (Å²) < 4.78 is 0. The van der Waals surface area contributed by atoms with E-state index in [1.807, 2.05) is 36.4 Å². The van der Waals surface area contributed by atoms with Crippen LogP contribution in [0.5, 0.6) is 0 Å². The maximum Gasteiger partial charge on any atom is 0.257 e. The number of anilines is 1. The van der Waals surface area contributed by atoms with Gasteiger partial charge in [-0.1, -0.05) is 44.5 Å². The molecule has 0 aliphatic carbocycles. The summed E-state index contributed by atoms with van der Waals surface area (Å²) in [5.74, 6) is -0.130. The van der Waals surface area contributed by atoms with Crippen LogP contribution in [0.25, 0.3) is 0 Å². The molecule has 1 saturated heterocycles. The highest BCUT2D eigenvalue weighted by Gasteiger charge is 2.28. The first-order chi connectivity index (χ1) is 14.8. The van der Waals surface area contributed by atoms with Crippen LogP contribution < -0.4 is 5.32 Å². The van der Waals surface area contributed by atoms with Crippen molar-refractivity contribution < 1.29 is 4.79 Å². The van der Waals surface area contributed by atoms with Gasteiger partial charge in [-0.15, -0.1) is 11.3 Å². The number of benzene rings is 1. The lowest BCUT2D eigenvalue weighted by atomic mass is 9.87. The van der Waals surface area contributed by atoms with Gasteiger partial charge in [0.2, 0.25) is 0 Å². The SMILES string of the molecule is CC(C)(C)c1ccc(C(=O)Nc2nc([C@H]3CCCN3Cc3ccc(Cl)cn3)cs2)cc1. The van der Waals surface area contributed by atoms with Crippen LogP contribution in [-0.4, -0.2) is 27.3 Å². The molecule has 0 bridgehead atoms. The second-order valence-electron chi connectivity index (χ2n) is 8.96. The summed E-state index contributed by atoms with van der Waals surface area (Å²) in [6.45, 7) is 8.26. The highest BCUT2D eigenvalue weighted by Crippen LogP contribution is 2.34. The highest BCUT2D eigenvalue weighted by atomic mass is 35.5. The molecule has 7 heteroatoms. The Kier molecular flexibility index (Phi) is 6.42. The van der Waals surface area contributed by atoms with Gasteiger partial charge in [-0.05, 0) is 54.6 Å². The lowest BCUT2D eigenvalue weighted by Crippen LogP contribution is -2.23. The number of aromatic nitrogens is 2. The maximum absolute atomic E-state index is 12.7. The fraction of sp³-hybridized carbons (Fsp3) is 0.375. The first-order valence-electron chi connectivity index (χ1n) is 10.5. The Labute approximate surface area is 192 Å². The van der Waals surface area contributed by atoms with E-state index in [9.17, 15) is 4.79 Å². The van der Waals surface area contributed by atoms with E-state index in [0.717, 1.165) is 37.3 Å². The third-order valence-corrected chi connectivity index (χ3v) is 6.61. The molecule has 1 N–H and O–H groups in total. The van der Waals surface area contributed by atoms with Crippen LogP contribution in [0.15, 0.2) is 48.0 Å². The van der Waals surface area contributed by atoms with Crippen molar-refractivity contribution in [1.29, 1.82) is 0 Å². The molecule has 4 rings (SSSR count). The molecule has 31 heavy (non-hydrogen) atoms. The predicted octanol–water partition coefficient (Wildman–Crippen LogP) is 6.08. The fourth-order valence-electron chi connectivity index (χ4n) is 3.85. The normalized spacial score (nSPS) is 17.1. The molecule has 1 aliphatic heterocycles. The Balaban J connectivity index is 1.41. The average molecular weight is 455 g/mol. The van der Waals surface area contributed by atoms with Crippen LogP contribution in [0.4, 0.5) is 5.13 Å². The number of likely N-dealkylation sites (tertiary alicyclic amines) is 1. The molecule has 5 nitrogen and oxygen atoms in total. The van der Waals surface area contributed by atoms with Gasteiger partial charge in [0.05, 0.1) is 22.5 Å². The van der Waals surface area contributed by atoms with E-state index in [4.69, 9.17) is 16.6 Å². The summed E-state index contributed by atoms with van der Waals surface area (Å²) in [6.07, 6.45) is 3.86. The molecule has 1 amide bonds. The minimum absolute atomic E-state index is 0.0634. The standard InChI is InChI=1S/C24H27ClN4OS/c1-24(2,3)17-8-6-16(7-9-17)22(30)28-23-27-20(15-31-23)21-5-4-12-29(21)14-19-11-10-18(25)13-26-19/h6-11,13,15,21H,4-5,12,14H2,1-3H3,(H,27,28,30)/t21-/m1/s1. The maximum atomic E-state index is 12.7. The van der Waals surface area contributed by atoms with Crippen molar-refractivity contribution in [3.63, 3.8) is 0 Å². The molecule has 3 aromatic rings. The number of carbonyl (C=O) groups excluding carboxylic acids is 1. The van der Waals surface area contributed by atoms with Crippen molar-refractivity contribution >= 4 is 34.0 Å². The first-order valence-corrected chi connectivity index (χ1v) is 11.8. The molecule has 2 aromatic heterocycles. The van der Waals surface area contributed by atoms with Crippen molar-refractivity contribution in [3.05, 3.63) is 75.5 Å². The molecule has 0 unspecified atom stereocenters. The van der Waals surface area contributed by atoms with Gasteiger partial charge in [-0.25, -0.2) is 4.98 Å². The molecule has 162 valence electrons. The van der Waals surface area contributed by atoms with Gasteiger partial charge >= 0.3 is 0 Å². The minimum atomic E-state index is -0.130. The van der Waals surface area contributed by atoms with E-state index >= 15 is 0 Å². The molecular formula is C24H27ClN4OS.